The summed E-state index contributed by atoms with van der Waals surface area (Å²) >= 11 is 1.27. The second-order valence-electron chi connectivity index (χ2n) is 3.28. The number of carbonyl (C=O) groups is 2. The van der Waals surface area contributed by atoms with Gasteiger partial charge in [0.25, 0.3) is 5.91 Å². The highest BCUT2D eigenvalue weighted by molar-refractivity contribution is 7.13. The molecule has 0 fully saturated rings. The van der Waals surface area contributed by atoms with Crippen LogP contribution < -0.4 is 11.1 Å². The summed E-state index contributed by atoms with van der Waals surface area (Å²) in [4.78, 5) is 34.2. The zero-order valence-electron chi connectivity index (χ0n) is 9.16. The van der Waals surface area contributed by atoms with Crippen molar-refractivity contribution in [2.75, 3.05) is 6.54 Å². The molecule has 0 atom stereocenters. The minimum Gasteiger partial charge on any atom is -0.368 e. The maximum Gasteiger partial charge on any atom is 0.271 e. The van der Waals surface area contributed by atoms with E-state index in [0.29, 0.717) is 10.7 Å². The van der Waals surface area contributed by atoms with E-state index in [1.807, 2.05) is 0 Å². The van der Waals surface area contributed by atoms with E-state index in [-0.39, 0.29) is 12.2 Å². The van der Waals surface area contributed by atoms with E-state index < -0.39 is 11.8 Å². The fourth-order valence-electron chi connectivity index (χ4n) is 1.16. The van der Waals surface area contributed by atoms with Gasteiger partial charge in [0.15, 0.2) is 0 Å². The zero-order valence-corrected chi connectivity index (χ0v) is 9.98. The molecule has 0 saturated heterocycles. The minimum absolute atomic E-state index is 0.211. The standard InChI is InChI=1S/C10H9N5O2S/c11-8(16)4-14-9(17)7-5-18-10(15-7)6-3-12-1-2-13-6/h1-3,5H,4H2,(H2,11,16)(H,14,17). The Morgan fingerprint density at radius 1 is 1.39 bits per heavy atom. The molecule has 3 N–H and O–H groups in total. The van der Waals surface area contributed by atoms with Crippen LogP contribution in [0.3, 0.4) is 0 Å². The van der Waals surface area contributed by atoms with Crippen molar-refractivity contribution in [3.8, 4) is 10.7 Å². The maximum atomic E-state index is 11.6. The fraction of sp³-hybridized carbons (Fsp3) is 0.100. The first-order valence-electron chi connectivity index (χ1n) is 4.95. The molecule has 18 heavy (non-hydrogen) atoms. The predicted molar refractivity (Wildman–Crippen MR) is 64.7 cm³/mol. The van der Waals surface area contributed by atoms with Gasteiger partial charge < -0.3 is 11.1 Å². The first-order valence-corrected chi connectivity index (χ1v) is 5.83. The van der Waals surface area contributed by atoms with Gasteiger partial charge in [0.05, 0.1) is 12.7 Å². The SMILES string of the molecule is NC(=O)CNC(=O)c1csc(-c2cnccn2)n1. The molecular weight excluding hydrogens is 254 g/mol. The van der Waals surface area contributed by atoms with Crippen LogP contribution in [0.5, 0.6) is 0 Å². The zero-order chi connectivity index (χ0) is 13.0. The summed E-state index contributed by atoms with van der Waals surface area (Å²) in [7, 11) is 0. The first-order chi connectivity index (χ1) is 8.66. The van der Waals surface area contributed by atoms with Crippen LogP contribution in [-0.4, -0.2) is 33.3 Å². The highest BCUT2D eigenvalue weighted by Crippen LogP contribution is 2.20. The van der Waals surface area contributed by atoms with E-state index in [0.717, 1.165) is 0 Å². The molecule has 0 radical (unpaired) electrons. The summed E-state index contributed by atoms with van der Waals surface area (Å²) in [6.45, 7) is -0.211. The third-order valence-electron chi connectivity index (χ3n) is 1.94. The average Bonchev–Trinajstić information content (AvgIpc) is 2.86. The molecule has 0 saturated carbocycles. The van der Waals surface area contributed by atoms with Crippen LogP contribution in [0.1, 0.15) is 10.5 Å². The summed E-state index contributed by atoms with van der Waals surface area (Å²) in [6, 6.07) is 0. The van der Waals surface area contributed by atoms with Crippen LogP contribution >= 0.6 is 11.3 Å². The van der Waals surface area contributed by atoms with Gasteiger partial charge in [-0.05, 0) is 0 Å². The Bertz CT molecular complexity index is 569. The monoisotopic (exact) mass is 263 g/mol. The molecule has 92 valence electrons. The van der Waals surface area contributed by atoms with E-state index in [4.69, 9.17) is 5.73 Å². The second-order valence-corrected chi connectivity index (χ2v) is 4.14. The fourth-order valence-corrected chi connectivity index (χ4v) is 1.92. The number of hydrogen-bond acceptors (Lipinski definition) is 6. The topological polar surface area (TPSA) is 111 Å². The largest absolute Gasteiger partial charge is 0.368 e. The Morgan fingerprint density at radius 3 is 2.89 bits per heavy atom. The Labute approximate surface area is 106 Å². The lowest BCUT2D eigenvalue weighted by molar-refractivity contribution is -0.117. The lowest BCUT2D eigenvalue weighted by Gasteiger charge is -1.98. The van der Waals surface area contributed by atoms with Gasteiger partial charge in [0.1, 0.15) is 16.4 Å². The van der Waals surface area contributed by atoms with Crippen molar-refractivity contribution < 1.29 is 9.59 Å². The molecule has 8 heteroatoms. The minimum atomic E-state index is -0.604. The number of hydrogen-bond donors (Lipinski definition) is 2. The molecule has 0 aliphatic carbocycles. The maximum absolute atomic E-state index is 11.6. The molecule has 7 nitrogen and oxygen atoms in total. The smallest absolute Gasteiger partial charge is 0.271 e. The Morgan fingerprint density at radius 2 is 2.22 bits per heavy atom. The Balaban J connectivity index is 2.11. The van der Waals surface area contributed by atoms with E-state index in [1.165, 1.54) is 11.3 Å². The Kier molecular flexibility index (Phi) is 3.58. The number of nitrogens with zero attached hydrogens (tertiary/aromatic N) is 3. The van der Waals surface area contributed by atoms with E-state index in [1.54, 1.807) is 24.0 Å². The molecule has 2 heterocycles. The van der Waals surface area contributed by atoms with Crippen LogP contribution in [0.25, 0.3) is 10.7 Å². The molecule has 0 aliphatic heterocycles. The molecule has 0 unspecified atom stereocenters. The molecular formula is C10H9N5O2S. The lowest BCUT2D eigenvalue weighted by atomic mass is 10.4. The second kappa shape index (κ2) is 5.32. The molecule has 0 aromatic carbocycles. The summed E-state index contributed by atoms with van der Waals surface area (Å²) < 4.78 is 0. The number of carbonyl (C=O) groups excluding carboxylic acids is 2. The number of aromatic nitrogens is 3. The van der Waals surface area contributed by atoms with Crippen molar-refractivity contribution in [1.82, 2.24) is 20.3 Å². The van der Waals surface area contributed by atoms with Gasteiger partial charge in [-0.15, -0.1) is 11.3 Å². The number of nitrogens with one attached hydrogen (secondary N) is 1. The van der Waals surface area contributed by atoms with Crippen molar-refractivity contribution >= 4 is 23.2 Å². The van der Waals surface area contributed by atoms with Gasteiger partial charge in [-0.25, -0.2) is 4.98 Å². The van der Waals surface area contributed by atoms with E-state index in [2.05, 4.69) is 20.3 Å². The van der Waals surface area contributed by atoms with Gasteiger partial charge in [-0.1, -0.05) is 0 Å². The average molecular weight is 263 g/mol. The highest BCUT2D eigenvalue weighted by Gasteiger charge is 2.12. The number of thiazole rings is 1. The van der Waals surface area contributed by atoms with Crippen molar-refractivity contribution in [1.29, 1.82) is 0 Å². The number of amides is 2. The van der Waals surface area contributed by atoms with Crippen molar-refractivity contribution in [3.05, 3.63) is 29.7 Å². The Hall–Kier alpha value is -2.35. The molecule has 2 rings (SSSR count). The van der Waals surface area contributed by atoms with Gasteiger partial charge in [0.2, 0.25) is 5.91 Å². The van der Waals surface area contributed by atoms with Gasteiger partial charge in [-0.2, -0.15) is 0 Å². The van der Waals surface area contributed by atoms with Crippen LogP contribution in [0.15, 0.2) is 24.0 Å². The summed E-state index contributed by atoms with van der Waals surface area (Å²) in [5, 5.41) is 4.53. The van der Waals surface area contributed by atoms with Crippen molar-refractivity contribution in [2.45, 2.75) is 0 Å². The summed E-state index contributed by atoms with van der Waals surface area (Å²) in [6.07, 6.45) is 4.66. The molecule has 0 bridgehead atoms. The van der Waals surface area contributed by atoms with Gasteiger partial charge in [-0.3, -0.25) is 19.6 Å². The van der Waals surface area contributed by atoms with Gasteiger partial charge >= 0.3 is 0 Å². The molecule has 0 spiro atoms. The van der Waals surface area contributed by atoms with Crippen LogP contribution in [0, 0.1) is 0 Å². The highest BCUT2D eigenvalue weighted by atomic mass is 32.1. The normalized spacial score (nSPS) is 10.0. The quantitative estimate of drug-likeness (QED) is 0.794. The van der Waals surface area contributed by atoms with E-state index >= 15 is 0 Å². The van der Waals surface area contributed by atoms with E-state index in [9.17, 15) is 9.59 Å². The number of rotatable bonds is 4. The van der Waals surface area contributed by atoms with Crippen LogP contribution in [0.4, 0.5) is 0 Å². The molecule has 2 aromatic rings. The van der Waals surface area contributed by atoms with Crippen molar-refractivity contribution in [3.63, 3.8) is 0 Å². The number of nitrogens with two attached hydrogens (primary N) is 1. The van der Waals surface area contributed by atoms with Gasteiger partial charge in [0, 0.05) is 17.8 Å². The molecule has 2 aromatic heterocycles. The lowest BCUT2D eigenvalue weighted by Crippen LogP contribution is -2.33. The predicted octanol–water partition coefficient (Wildman–Crippen LogP) is -0.185. The molecule has 2 amide bonds. The van der Waals surface area contributed by atoms with Crippen LogP contribution in [-0.2, 0) is 4.79 Å². The van der Waals surface area contributed by atoms with Crippen molar-refractivity contribution in [2.24, 2.45) is 5.73 Å². The summed E-state index contributed by atoms with van der Waals surface area (Å²) in [5.74, 6) is -1.05. The third-order valence-corrected chi connectivity index (χ3v) is 2.81. The van der Waals surface area contributed by atoms with Crippen LogP contribution in [0.2, 0.25) is 0 Å². The third kappa shape index (κ3) is 2.86. The first kappa shape index (κ1) is 12.1. The molecule has 0 aliphatic rings. The number of primary amides is 1. The summed E-state index contributed by atoms with van der Waals surface area (Å²) in [5.41, 5.74) is 5.74.